The summed E-state index contributed by atoms with van der Waals surface area (Å²) in [5.74, 6) is -0.170. The van der Waals surface area contributed by atoms with E-state index in [9.17, 15) is 18.0 Å². The number of nitrogens with zero attached hydrogens (tertiary/aromatic N) is 6. The Kier molecular flexibility index (Phi) is 10.5. The number of rotatable bonds is 10. The molecule has 11 nitrogen and oxygen atoms in total. The monoisotopic (exact) mass is 707 g/mol. The summed E-state index contributed by atoms with van der Waals surface area (Å²) < 4.78 is 47.7. The summed E-state index contributed by atoms with van der Waals surface area (Å²) in [5.41, 5.74) is 2.93. The van der Waals surface area contributed by atoms with Crippen LogP contribution in [0.15, 0.2) is 42.6 Å². The second-order valence-corrected chi connectivity index (χ2v) is 14.1. The number of methoxy groups -OCH3 is 1. The molecule has 7 rings (SSSR count). The number of ether oxygens (including phenoxy) is 1. The molecule has 4 aliphatic heterocycles. The number of alkyl halides is 3. The number of piperidine rings is 2. The Hall–Kier alpha value is -4.14. The van der Waals surface area contributed by atoms with E-state index in [-0.39, 0.29) is 24.2 Å². The van der Waals surface area contributed by atoms with Crippen molar-refractivity contribution in [2.45, 2.75) is 56.4 Å². The van der Waals surface area contributed by atoms with Crippen molar-refractivity contribution in [3.63, 3.8) is 0 Å². The van der Waals surface area contributed by atoms with Crippen LogP contribution < -0.4 is 25.6 Å². The van der Waals surface area contributed by atoms with E-state index in [0.29, 0.717) is 24.0 Å². The molecule has 1 aromatic heterocycles. The first kappa shape index (κ1) is 35.3. The van der Waals surface area contributed by atoms with Gasteiger partial charge in [-0.3, -0.25) is 9.80 Å². The van der Waals surface area contributed by atoms with Crippen LogP contribution in [0.4, 0.5) is 42.0 Å². The molecule has 3 fully saturated rings. The van der Waals surface area contributed by atoms with Gasteiger partial charge in [-0.05, 0) is 75.1 Å². The molecule has 274 valence electrons. The first-order valence-corrected chi connectivity index (χ1v) is 18.1. The smallest absolute Gasteiger partial charge is 0.421 e. The summed E-state index contributed by atoms with van der Waals surface area (Å²) in [6, 6.07) is 12.6. The second kappa shape index (κ2) is 15.2. The minimum Gasteiger partial charge on any atom is -0.494 e. The number of likely N-dealkylation sites (tertiary alicyclic amines) is 1. The Morgan fingerprint density at radius 1 is 0.961 bits per heavy atom. The van der Waals surface area contributed by atoms with Gasteiger partial charge in [0.15, 0.2) is 0 Å². The lowest BCUT2D eigenvalue weighted by Crippen LogP contribution is -2.56. The van der Waals surface area contributed by atoms with Gasteiger partial charge in [0.2, 0.25) is 5.95 Å². The van der Waals surface area contributed by atoms with Crippen LogP contribution in [0.25, 0.3) is 0 Å². The van der Waals surface area contributed by atoms with Crippen molar-refractivity contribution in [3.8, 4) is 5.75 Å². The normalized spacial score (nSPS) is 21.3. The molecule has 0 amide bonds. The number of carbonyl (C=O) groups is 1. The number of hydrogen-bond acceptors (Lipinski definition) is 11. The van der Waals surface area contributed by atoms with Crippen molar-refractivity contribution in [2.75, 3.05) is 93.9 Å². The minimum absolute atomic E-state index is 0.000917. The fourth-order valence-corrected chi connectivity index (χ4v) is 8.18. The molecule has 0 spiro atoms. The van der Waals surface area contributed by atoms with Gasteiger partial charge in [-0.15, -0.1) is 0 Å². The molecule has 2 aromatic carbocycles. The maximum Gasteiger partial charge on any atom is 0.421 e. The molecule has 5 heterocycles. The third kappa shape index (κ3) is 7.87. The zero-order valence-corrected chi connectivity index (χ0v) is 29.4. The first-order chi connectivity index (χ1) is 24.7. The largest absolute Gasteiger partial charge is 0.494 e. The summed E-state index contributed by atoms with van der Waals surface area (Å²) in [6.07, 6.45) is 1.73. The number of benzene rings is 2. The highest BCUT2D eigenvalue weighted by Crippen LogP contribution is 2.38. The average molecular weight is 708 g/mol. The molecule has 0 bridgehead atoms. The zero-order valence-electron chi connectivity index (χ0n) is 29.4. The predicted octanol–water partition coefficient (Wildman–Crippen LogP) is 5.25. The number of piperazine rings is 1. The van der Waals surface area contributed by atoms with Crippen LogP contribution in [0.3, 0.4) is 0 Å². The number of aldehydes is 1. The van der Waals surface area contributed by atoms with Crippen molar-refractivity contribution < 1.29 is 22.7 Å². The van der Waals surface area contributed by atoms with Crippen LogP contribution >= 0.6 is 0 Å². The summed E-state index contributed by atoms with van der Waals surface area (Å²) in [4.78, 5) is 30.1. The highest BCUT2D eigenvalue weighted by Gasteiger charge is 2.36. The van der Waals surface area contributed by atoms with Crippen molar-refractivity contribution in [3.05, 3.63) is 59.3 Å². The van der Waals surface area contributed by atoms with Crippen LogP contribution in [0.5, 0.6) is 5.75 Å². The van der Waals surface area contributed by atoms with E-state index in [2.05, 4.69) is 52.6 Å². The van der Waals surface area contributed by atoms with E-state index >= 15 is 0 Å². The van der Waals surface area contributed by atoms with Gasteiger partial charge in [-0.2, -0.15) is 18.2 Å². The van der Waals surface area contributed by atoms with Crippen molar-refractivity contribution in [1.82, 2.24) is 24.7 Å². The van der Waals surface area contributed by atoms with Gasteiger partial charge in [-0.1, -0.05) is 12.1 Å². The SMILES string of the molecule is COc1cc(N2CCC(N3CCN(C4CCN(C)CC4)CC3)CC2)ccc1Nc1ncc(C(F)(F)F)c(NCc2cccc3c2C(C=O)CN3)n1. The van der Waals surface area contributed by atoms with Crippen LogP contribution in [-0.4, -0.2) is 116 Å². The van der Waals surface area contributed by atoms with Gasteiger partial charge in [0.1, 0.15) is 23.4 Å². The molecular weight excluding hydrogens is 659 g/mol. The van der Waals surface area contributed by atoms with Crippen molar-refractivity contribution >= 4 is 35.1 Å². The summed E-state index contributed by atoms with van der Waals surface area (Å²) in [5, 5.41) is 9.11. The van der Waals surface area contributed by atoms with Crippen molar-refractivity contribution in [1.29, 1.82) is 0 Å². The number of hydrogen-bond donors (Lipinski definition) is 3. The lowest BCUT2D eigenvalue weighted by Gasteiger charge is -2.46. The quantitative estimate of drug-likeness (QED) is 0.241. The molecule has 14 heteroatoms. The van der Waals surface area contributed by atoms with Gasteiger partial charge < -0.3 is 35.3 Å². The van der Waals surface area contributed by atoms with Gasteiger partial charge in [-0.25, -0.2) is 4.98 Å². The summed E-state index contributed by atoms with van der Waals surface area (Å²) in [6.45, 7) is 9.41. The van der Waals surface area contributed by atoms with Gasteiger partial charge in [0, 0.05) is 88.1 Å². The highest BCUT2D eigenvalue weighted by molar-refractivity contribution is 5.75. The van der Waals surface area contributed by atoms with E-state index in [1.165, 1.54) is 25.9 Å². The first-order valence-electron chi connectivity index (χ1n) is 18.1. The Balaban J connectivity index is 0.978. The van der Waals surface area contributed by atoms with Gasteiger partial charge in [0.05, 0.1) is 18.7 Å². The lowest BCUT2D eigenvalue weighted by molar-refractivity contribution is -0.137. The van der Waals surface area contributed by atoms with Gasteiger partial charge >= 0.3 is 6.18 Å². The third-order valence-corrected chi connectivity index (χ3v) is 11.1. The number of nitrogens with one attached hydrogen (secondary N) is 3. The molecule has 1 atom stereocenters. The van der Waals surface area contributed by atoms with E-state index in [1.807, 2.05) is 30.3 Å². The number of aromatic nitrogens is 2. The van der Waals surface area contributed by atoms with Gasteiger partial charge in [0.25, 0.3) is 0 Å². The highest BCUT2D eigenvalue weighted by atomic mass is 19.4. The second-order valence-electron chi connectivity index (χ2n) is 14.1. The standard InChI is InChI=1S/C37H48F3N9O2/c1-46-12-8-27(9-13-46)48-16-18-49(19-17-48)28-10-14-47(15-11-28)29-6-7-31(33(20-29)51-2)44-36-43-23-30(37(38,39)40)35(45-36)42-21-25-4-3-5-32-34(25)26(24-50)22-41-32/h3-7,20,23-24,26-28,41H,8-19,21-22H2,1-2H3,(H2,42,43,44,45). The minimum atomic E-state index is -4.67. The van der Waals surface area contributed by atoms with Crippen LogP contribution in [-0.2, 0) is 17.5 Å². The molecule has 1 unspecified atom stereocenters. The average Bonchev–Trinajstić information content (AvgIpc) is 3.58. The predicted molar refractivity (Wildman–Crippen MR) is 193 cm³/mol. The molecule has 51 heavy (non-hydrogen) atoms. The maximum atomic E-state index is 14.0. The number of carbonyl (C=O) groups excluding carboxylic acids is 1. The van der Waals surface area contributed by atoms with Crippen LogP contribution in [0, 0.1) is 0 Å². The molecule has 3 saturated heterocycles. The molecule has 0 saturated carbocycles. The van der Waals surface area contributed by atoms with Crippen LogP contribution in [0.2, 0.25) is 0 Å². The molecule has 3 N–H and O–H groups in total. The Labute approximate surface area is 297 Å². The Morgan fingerprint density at radius 2 is 1.65 bits per heavy atom. The van der Waals surface area contributed by atoms with Crippen molar-refractivity contribution in [2.24, 2.45) is 0 Å². The van der Waals surface area contributed by atoms with E-state index in [0.717, 1.165) is 93.1 Å². The topological polar surface area (TPSA) is 101 Å². The lowest BCUT2D eigenvalue weighted by atomic mass is 9.97. The Morgan fingerprint density at radius 3 is 2.29 bits per heavy atom. The molecular formula is C37H48F3N9O2. The van der Waals surface area contributed by atoms with Crippen LogP contribution in [0.1, 0.15) is 48.3 Å². The zero-order chi connectivity index (χ0) is 35.5. The fraction of sp³-hybridized carbons (Fsp3) is 0.541. The van der Waals surface area contributed by atoms with E-state index in [1.54, 1.807) is 13.2 Å². The number of halogens is 3. The summed E-state index contributed by atoms with van der Waals surface area (Å²) in [7, 11) is 3.79. The molecule has 0 radical (unpaired) electrons. The summed E-state index contributed by atoms with van der Waals surface area (Å²) >= 11 is 0. The Bertz CT molecular complexity index is 1670. The maximum absolute atomic E-state index is 14.0. The number of fused-ring (bicyclic) bond motifs is 1. The third-order valence-electron chi connectivity index (χ3n) is 11.1. The number of anilines is 5. The fourth-order valence-electron chi connectivity index (χ4n) is 8.18. The molecule has 0 aliphatic carbocycles. The van der Waals surface area contributed by atoms with E-state index < -0.39 is 11.7 Å². The molecule has 4 aliphatic rings. The van der Waals surface area contributed by atoms with E-state index in [4.69, 9.17) is 4.74 Å². The molecule has 3 aromatic rings.